The summed E-state index contributed by atoms with van der Waals surface area (Å²) in [4.78, 5) is 2.00. The number of aliphatic hydroxyl groups is 1. The van der Waals surface area contributed by atoms with Crippen LogP contribution in [-0.2, 0) is 9.84 Å². The fourth-order valence-electron chi connectivity index (χ4n) is 2.37. The van der Waals surface area contributed by atoms with Crippen LogP contribution in [0.5, 0.6) is 0 Å². The molecule has 19 heavy (non-hydrogen) atoms. The Morgan fingerprint density at radius 1 is 1.47 bits per heavy atom. The fraction of sp³-hybridized carbons (Fsp3) is 0.538. The zero-order chi connectivity index (χ0) is 14.2. The first-order valence-electron chi connectivity index (χ1n) is 6.21. The van der Waals surface area contributed by atoms with Crippen molar-refractivity contribution in [3.05, 3.63) is 28.2 Å². The van der Waals surface area contributed by atoms with Gasteiger partial charge < -0.3 is 10.0 Å². The van der Waals surface area contributed by atoms with Crippen LogP contribution in [0.1, 0.15) is 25.0 Å². The number of halogens is 1. The number of sulfone groups is 1. The number of nitrogens with zero attached hydrogens (tertiary/aromatic N) is 1. The van der Waals surface area contributed by atoms with Gasteiger partial charge in [-0.05, 0) is 31.0 Å². The highest BCUT2D eigenvalue weighted by Crippen LogP contribution is 2.30. The van der Waals surface area contributed by atoms with Crippen LogP contribution in [0.2, 0.25) is 0 Å². The molecule has 6 heteroatoms. The predicted octanol–water partition coefficient (Wildman–Crippen LogP) is 2.13. The maximum atomic E-state index is 11.5. The number of hydrogen-bond donors (Lipinski definition) is 1. The lowest BCUT2D eigenvalue weighted by Crippen LogP contribution is -2.32. The molecule has 0 spiro atoms. The zero-order valence-corrected chi connectivity index (χ0v) is 13.4. The Hall–Kier alpha value is -0.590. The number of anilines is 1. The van der Waals surface area contributed by atoms with Crippen LogP contribution in [-0.4, -0.2) is 38.1 Å². The molecule has 2 rings (SSSR count). The molecular weight excluding hydrogens is 330 g/mol. The maximum Gasteiger partial charge on any atom is 0.152 e. The van der Waals surface area contributed by atoms with E-state index >= 15 is 0 Å². The number of rotatable bonds is 3. The van der Waals surface area contributed by atoms with Gasteiger partial charge in [0.05, 0.1) is 17.6 Å². The van der Waals surface area contributed by atoms with Crippen LogP contribution >= 0.6 is 15.9 Å². The highest BCUT2D eigenvalue weighted by molar-refractivity contribution is 9.10. The van der Waals surface area contributed by atoms with Gasteiger partial charge in [0.25, 0.3) is 0 Å². The molecular formula is C13H18BrNO3S. The Kier molecular flexibility index (Phi) is 4.23. The maximum absolute atomic E-state index is 11.5. The average molecular weight is 348 g/mol. The predicted molar refractivity (Wildman–Crippen MR) is 80.2 cm³/mol. The Balaban J connectivity index is 2.21. The van der Waals surface area contributed by atoms with Crippen LogP contribution in [0.15, 0.2) is 22.7 Å². The Bertz CT molecular complexity index is 571. The van der Waals surface area contributed by atoms with Crippen molar-refractivity contribution in [2.75, 3.05) is 23.5 Å². The molecule has 0 amide bonds. The molecule has 1 heterocycles. The molecule has 106 valence electrons. The largest absolute Gasteiger partial charge is 0.389 e. The zero-order valence-electron chi connectivity index (χ0n) is 11.0. The van der Waals surface area contributed by atoms with E-state index in [1.54, 1.807) is 6.92 Å². The summed E-state index contributed by atoms with van der Waals surface area (Å²) >= 11 is 3.44. The molecule has 1 aliphatic heterocycles. The van der Waals surface area contributed by atoms with Crippen LogP contribution in [0, 0.1) is 0 Å². The molecule has 1 aromatic carbocycles. The summed E-state index contributed by atoms with van der Waals surface area (Å²) in [5, 5.41) is 9.59. The van der Waals surface area contributed by atoms with Gasteiger partial charge in [-0.15, -0.1) is 0 Å². The minimum atomic E-state index is -2.87. The fourth-order valence-corrected chi connectivity index (χ4v) is 4.84. The van der Waals surface area contributed by atoms with Crippen molar-refractivity contribution in [1.29, 1.82) is 0 Å². The number of benzene rings is 1. The van der Waals surface area contributed by atoms with Gasteiger partial charge in [0.2, 0.25) is 0 Å². The summed E-state index contributed by atoms with van der Waals surface area (Å²) in [6.45, 7) is 1.72. The standard InChI is InChI=1S/C13H18BrNO3S/c1-9(16)12-4-3-10(7-13(12)14)15(2)11-5-6-19(17,18)8-11/h3-4,7,9,11,16H,5-6,8H2,1-2H3. The summed E-state index contributed by atoms with van der Waals surface area (Å²) in [6.07, 6.45) is 0.148. The highest BCUT2D eigenvalue weighted by Gasteiger charge is 2.30. The van der Waals surface area contributed by atoms with Crippen molar-refractivity contribution in [3.63, 3.8) is 0 Å². The molecule has 2 unspecified atom stereocenters. The molecule has 0 bridgehead atoms. The summed E-state index contributed by atoms with van der Waals surface area (Å²) in [6, 6.07) is 5.74. The molecule has 0 radical (unpaired) electrons. The monoisotopic (exact) mass is 347 g/mol. The van der Waals surface area contributed by atoms with Gasteiger partial charge in [0.1, 0.15) is 0 Å². The molecule has 0 aliphatic carbocycles. The van der Waals surface area contributed by atoms with E-state index in [2.05, 4.69) is 15.9 Å². The SMILES string of the molecule is CC(O)c1ccc(N(C)C2CCS(=O)(=O)C2)cc1Br. The van der Waals surface area contributed by atoms with Gasteiger partial charge in [-0.3, -0.25) is 0 Å². The molecule has 0 saturated carbocycles. The van der Waals surface area contributed by atoms with E-state index in [0.717, 1.165) is 15.7 Å². The summed E-state index contributed by atoms with van der Waals surface area (Å²) in [7, 11) is -0.962. The Labute approximate surface area is 122 Å². The first-order chi connectivity index (χ1) is 8.80. The van der Waals surface area contributed by atoms with Crippen molar-refractivity contribution in [3.8, 4) is 0 Å². The minimum Gasteiger partial charge on any atom is -0.389 e. The van der Waals surface area contributed by atoms with Crippen LogP contribution < -0.4 is 4.90 Å². The van der Waals surface area contributed by atoms with E-state index in [4.69, 9.17) is 0 Å². The first kappa shape index (κ1) is 14.8. The van der Waals surface area contributed by atoms with Crippen molar-refractivity contribution in [2.45, 2.75) is 25.5 Å². The van der Waals surface area contributed by atoms with Gasteiger partial charge >= 0.3 is 0 Å². The van der Waals surface area contributed by atoms with Gasteiger partial charge in [-0.1, -0.05) is 22.0 Å². The van der Waals surface area contributed by atoms with E-state index in [9.17, 15) is 13.5 Å². The summed E-state index contributed by atoms with van der Waals surface area (Å²) in [5.74, 6) is 0.494. The van der Waals surface area contributed by atoms with Crippen molar-refractivity contribution in [1.82, 2.24) is 0 Å². The minimum absolute atomic E-state index is 0.0364. The van der Waals surface area contributed by atoms with E-state index in [1.807, 2.05) is 30.1 Å². The lowest BCUT2D eigenvalue weighted by molar-refractivity contribution is 0.198. The van der Waals surface area contributed by atoms with E-state index in [-0.39, 0.29) is 17.5 Å². The first-order valence-corrected chi connectivity index (χ1v) is 8.82. The molecule has 1 fully saturated rings. The van der Waals surface area contributed by atoms with Crippen molar-refractivity contribution < 1.29 is 13.5 Å². The third kappa shape index (κ3) is 3.30. The molecule has 2 atom stereocenters. The Morgan fingerprint density at radius 2 is 2.16 bits per heavy atom. The van der Waals surface area contributed by atoms with Crippen molar-refractivity contribution >= 4 is 31.5 Å². The second-order valence-corrected chi connectivity index (χ2v) is 8.13. The highest BCUT2D eigenvalue weighted by atomic mass is 79.9. The lowest BCUT2D eigenvalue weighted by Gasteiger charge is -2.26. The van der Waals surface area contributed by atoms with E-state index in [1.165, 1.54) is 0 Å². The van der Waals surface area contributed by atoms with Crippen LogP contribution in [0.3, 0.4) is 0 Å². The van der Waals surface area contributed by atoms with E-state index < -0.39 is 15.9 Å². The third-order valence-corrected chi connectivity index (χ3v) is 6.03. The number of aliphatic hydroxyl groups excluding tert-OH is 1. The van der Waals surface area contributed by atoms with Gasteiger partial charge in [0, 0.05) is 23.2 Å². The lowest BCUT2D eigenvalue weighted by atomic mass is 10.1. The van der Waals surface area contributed by atoms with Crippen molar-refractivity contribution in [2.24, 2.45) is 0 Å². The third-order valence-electron chi connectivity index (χ3n) is 3.60. The topological polar surface area (TPSA) is 57.6 Å². The normalized spacial score (nSPS) is 23.3. The summed E-state index contributed by atoms with van der Waals surface area (Å²) < 4.78 is 23.9. The molecule has 4 nitrogen and oxygen atoms in total. The Morgan fingerprint density at radius 3 is 2.63 bits per heavy atom. The van der Waals surface area contributed by atoms with E-state index in [0.29, 0.717) is 6.42 Å². The van der Waals surface area contributed by atoms with Crippen LogP contribution in [0.4, 0.5) is 5.69 Å². The molecule has 1 aromatic rings. The second-order valence-electron chi connectivity index (χ2n) is 5.05. The van der Waals surface area contributed by atoms with Gasteiger partial charge in [-0.2, -0.15) is 0 Å². The quantitative estimate of drug-likeness (QED) is 0.909. The smallest absolute Gasteiger partial charge is 0.152 e. The number of hydrogen-bond acceptors (Lipinski definition) is 4. The average Bonchev–Trinajstić information content (AvgIpc) is 2.68. The van der Waals surface area contributed by atoms with Gasteiger partial charge in [-0.25, -0.2) is 8.42 Å². The van der Waals surface area contributed by atoms with Crippen LogP contribution in [0.25, 0.3) is 0 Å². The summed E-state index contributed by atoms with van der Waals surface area (Å²) in [5.41, 5.74) is 1.79. The molecule has 1 N–H and O–H groups in total. The molecule has 0 aromatic heterocycles. The van der Waals surface area contributed by atoms with Gasteiger partial charge in [0.15, 0.2) is 9.84 Å². The second kappa shape index (κ2) is 5.42. The molecule has 1 aliphatic rings. The molecule has 1 saturated heterocycles.